The lowest BCUT2D eigenvalue weighted by Gasteiger charge is -2.05. The maximum Gasteiger partial charge on any atom is 0.153 e. The Morgan fingerprint density at radius 3 is 2.71 bits per heavy atom. The Balaban J connectivity index is 2.10. The average molecular weight is 234 g/mol. The molecule has 17 heavy (non-hydrogen) atoms. The Morgan fingerprint density at radius 2 is 2.06 bits per heavy atom. The van der Waals surface area contributed by atoms with E-state index in [0.29, 0.717) is 18.8 Å². The molecule has 0 aliphatic heterocycles. The summed E-state index contributed by atoms with van der Waals surface area (Å²) in [5.74, 6) is 1.50. The number of rotatable bonds is 5. The van der Waals surface area contributed by atoms with Gasteiger partial charge < -0.3 is 9.84 Å². The highest BCUT2D eigenvalue weighted by Crippen LogP contribution is 2.12. The van der Waals surface area contributed by atoms with Crippen molar-refractivity contribution in [3.05, 3.63) is 35.7 Å². The minimum Gasteiger partial charge on any atom is -0.497 e. The minimum absolute atomic E-state index is 0.0446. The largest absolute Gasteiger partial charge is 0.497 e. The van der Waals surface area contributed by atoms with Crippen LogP contribution < -0.4 is 4.74 Å². The normalized spacial score (nSPS) is 10.5. The Morgan fingerprint density at radius 1 is 1.29 bits per heavy atom. The molecule has 6 nitrogen and oxygen atoms in total. The summed E-state index contributed by atoms with van der Waals surface area (Å²) in [6, 6.07) is 7.71. The molecule has 0 unspecified atom stereocenters. The third-order valence-electron chi connectivity index (χ3n) is 2.43. The third kappa shape index (κ3) is 2.79. The fourth-order valence-corrected chi connectivity index (χ4v) is 1.53. The van der Waals surface area contributed by atoms with Gasteiger partial charge in [-0.3, -0.25) is 0 Å². The van der Waals surface area contributed by atoms with Gasteiger partial charge in [-0.1, -0.05) is 12.1 Å². The van der Waals surface area contributed by atoms with Crippen molar-refractivity contribution >= 4 is 0 Å². The van der Waals surface area contributed by atoms with Gasteiger partial charge in [0.2, 0.25) is 0 Å². The monoisotopic (exact) mass is 234 g/mol. The molecule has 0 bridgehead atoms. The molecule has 1 heterocycles. The number of methoxy groups -OCH3 is 1. The summed E-state index contributed by atoms with van der Waals surface area (Å²) in [4.78, 5) is 0. The first-order chi connectivity index (χ1) is 8.33. The van der Waals surface area contributed by atoms with Gasteiger partial charge >= 0.3 is 0 Å². The van der Waals surface area contributed by atoms with Crippen molar-refractivity contribution in [1.82, 2.24) is 20.2 Å². The standard InChI is InChI=1S/C11H14N4O2/c1-17-10-4-2-9(3-5-10)8-15-11(6-7-16)12-13-14-15/h2-5,16H,6-8H2,1H3. The van der Waals surface area contributed by atoms with E-state index in [4.69, 9.17) is 9.84 Å². The second-order valence-electron chi connectivity index (χ2n) is 3.57. The van der Waals surface area contributed by atoms with Crippen LogP contribution in [0.5, 0.6) is 5.75 Å². The van der Waals surface area contributed by atoms with Crippen molar-refractivity contribution in [3.8, 4) is 5.75 Å². The predicted molar refractivity (Wildman–Crippen MR) is 60.7 cm³/mol. The average Bonchev–Trinajstić information content (AvgIpc) is 2.78. The fraction of sp³-hybridized carbons (Fsp3) is 0.364. The van der Waals surface area contributed by atoms with Gasteiger partial charge in [0, 0.05) is 6.42 Å². The van der Waals surface area contributed by atoms with E-state index in [2.05, 4.69) is 15.5 Å². The van der Waals surface area contributed by atoms with Crippen LogP contribution in [0.15, 0.2) is 24.3 Å². The van der Waals surface area contributed by atoms with Crippen LogP contribution in [0.2, 0.25) is 0 Å². The van der Waals surface area contributed by atoms with Gasteiger partial charge in [0.15, 0.2) is 5.82 Å². The number of aromatic nitrogens is 4. The molecule has 2 aromatic rings. The van der Waals surface area contributed by atoms with Crippen molar-refractivity contribution in [3.63, 3.8) is 0 Å². The Labute approximate surface area is 98.8 Å². The molecule has 0 radical (unpaired) electrons. The SMILES string of the molecule is COc1ccc(Cn2nnnc2CCO)cc1. The van der Waals surface area contributed by atoms with Gasteiger partial charge in [-0.2, -0.15) is 0 Å². The molecule has 0 atom stereocenters. The highest BCUT2D eigenvalue weighted by molar-refractivity contribution is 5.27. The lowest BCUT2D eigenvalue weighted by atomic mass is 10.2. The van der Waals surface area contributed by atoms with Crippen LogP contribution in [0.25, 0.3) is 0 Å². The highest BCUT2D eigenvalue weighted by atomic mass is 16.5. The molecular formula is C11H14N4O2. The summed E-state index contributed by atoms with van der Waals surface area (Å²) >= 11 is 0. The zero-order valence-corrected chi connectivity index (χ0v) is 9.58. The third-order valence-corrected chi connectivity index (χ3v) is 2.43. The summed E-state index contributed by atoms with van der Waals surface area (Å²) < 4.78 is 6.77. The summed E-state index contributed by atoms with van der Waals surface area (Å²) in [5.41, 5.74) is 1.08. The first kappa shape index (κ1) is 11.5. The van der Waals surface area contributed by atoms with Crippen molar-refractivity contribution in [1.29, 1.82) is 0 Å². The molecule has 0 fully saturated rings. The molecule has 1 aromatic heterocycles. The molecule has 1 N–H and O–H groups in total. The molecule has 0 saturated carbocycles. The van der Waals surface area contributed by atoms with Crippen molar-refractivity contribution in [2.24, 2.45) is 0 Å². The number of aliphatic hydroxyl groups is 1. The van der Waals surface area contributed by atoms with E-state index in [0.717, 1.165) is 11.3 Å². The lowest BCUT2D eigenvalue weighted by molar-refractivity contribution is 0.294. The summed E-state index contributed by atoms with van der Waals surface area (Å²) in [6.45, 7) is 0.634. The molecule has 2 rings (SSSR count). The van der Waals surface area contributed by atoms with Gasteiger partial charge in [0.25, 0.3) is 0 Å². The number of tetrazole rings is 1. The Kier molecular flexibility index (Phi) is 3.66. The number of hydrogen-bond donors (Lipinski definition) is 1. The van der Waals surface area contributed by atoms with Crippen LogP contribution >= 0.6 is 0 Å². The summed E-state index contributed by atoms with van der Waals surface area (Å²) in [6.07, 6.45) is 0.461. The Bertz CT molecular complexity index is 467. The van der Waals surface area contributed by atoms with E-state index in [1.54, 1.807) is 11.8 Å². The van der Waals surface area contributed by atoms with E-state index >= 15 is 0 Å². The molecule has 90 valence electrons. The summed E-state index contributed by atoms with van der Waals surface area (Å²) in [5, 5.41) is 20.2. The number of benzene rings is 1. The van der Waals surface area contributed by atoms with Crippen LogP contribution in [0, 0.1) is 0 Å². The Hall–Kier alpha value is -1.95. The minimum atomic E-state index is 0.0446. The van der Waals surface area contributed by atoms with Crippen molar-refractivity contribution in [2.75, 3.05) is 13.7 Å². The first-order valence-electron chi connectivity index (χ1n) is 5.32. The first-order valence-corrected chi connectivity index (χ1v) is 5.32. The second kappa shape index (κ2) is 5.40. The van der Waals surface area contributed by atoms with E-state index in [1.165, 1.54) is 0 Å². The van der Waals surface area contributed by atoms with Crippen LogP contribution in [-0.4, -0.2) is 39.0 Å². The zero-order valence-electron chi connectivity index (χ0n) is 9.58. The number of hydrogen-bond acceptors (Lipinski definition) is 5. The van der Waals surface area contributed by atoms with E-state index in [-0.39, 0.29) is 6.61 Å². The number of ether oxygens (including phenoxy) is 1. The van der Waals surface area contributed by atoms with Crippen LogP contribution in [0.4, 0.5) is 0 Å². The van der Waals surface area contributed by atoms with Crippen LogP contribution in [-0.2, 0) is 13.0 Å². The van der Waals surface area contributed by atoms with Gasteiger partial charge in [0.1, 0.15) is 5.75 Å². The van der Waals surface area contributed by atoms with E-state index in [9.17, 15) is 0 Å². The lowest BCUT2D eigenvalue weighted by Crippen LogP contribution is -2.08. The zero-order chi connectivity index (χ0) is 12.1. The van der Waals surface area contributed by atoms with Gasteiger partial charge in [-0.15, -0.1) is 5.10 Å². The molecule has 0 spiro atoms. The van der Waals surface area contributed by atoms with Gasteiger partial charge in [-0.05, 0) is 28.1 Å². The second-order valence-corrected chi connectivity index (χ2v) is 3.57. The van der Waals surface area contributed by atoms with Crippen molar-refractivity contribution in [2.45, 2.75) is 13.0 Å². The van der Waals surface area contributed by atoms with Gasteiger partial charge in [0.05, 0.1) is 20.3 Å². The highest BCUT2D eigenvalue weighted by Gasteiger charge is 2.05. The summed E-state index contributed by atoms with van der Waals surface area (Å²) in [7, 11) is 1.63. The quantitative estimate of drug-likeness (QED) is 0.803. The number of aliphatic hydroxyl groups excluding tert-OH is 1. The smallest absolute Gasteiger partial charge is 0.153 e. The molecule has 1 aromatic carbocycles. The molecule has 6 heteroatoms. The molecule has 0 aliphatic carbocycles. The fourth-order valence-electron chi connectivity index (χ4n) is 1.53. The van der Waals surface area contributed by atoms with E-state index in [1.807, 2.05) is 24.3 Å². The molecule has 0 aliphatic rings. The topological polar surface area (TPSA) is 73.1 Å². The maximum atomic E-state index is 8.87. The van der Waals surface area contributed by atoms with Gasteiger partial charge in [-0.25, -0.2) is 4.68 Å². The maximum absolute atomic E-state index is 8.87. The van der Waals surface area contributed by atoms with E-state index < -0.39 is 0 Å². The molecular weight excluding hydrogens is 220 g/mol. The van der Waals surface area contributed by atoms with Crippen molar-refractivity contribution < 1.29 is 9.84 Å². The number of nitrogens with zero attached hydrogens (tertiary/aromatic N) is 4. The molecule has 0 amide bonds. The predicted octanol–water partition coefficient (Wildman–Crippen LogP) is 0.265. The molecule has 0 saturated heterocycles. The van der Waals surface area contributed by atoms with Crippen LogP contribution in [0.1, 0.15) is 11.4 Å². The van der Waals surface area contributed by atoms with Crippen LogP contribution in [0.3, 0.4) is 0 Å².